The maximum absolute atomic E-state index is 11.8. The average molecular weight is 266 g/mol. The number of aliphatic hydroxyl groups excluding tert-OH is 1. The van der Waals surface area contributed by atoms with Crippen LogP contribution in [0.2, 0.25) is 0 Å². The predicted octanol–water partition coefficient (Wildman–Crippen LogP) is 0.539. The first-order valence-electron chi connectivity index (χ1n) is 6.47. The number of phenols is 1. The minimum atomic E-state index is -0.610. The molecule has 0 aliphatic rings. The Morgan fingerprint density at radius 1 is 1.37 bits per heavy atom. The highest BCUT2D eigenvalue weighted by atomic mass is 16.3. The van der Waals surface area contributed by atoms with Gasteiger partial charge in [0.25, 0.3) is 0 Å². The van der Waals surface area contributed by atoms with Crippen molar-refractivity contribution in [3.05, 3.63) is 29.8 Å². The van der Waals surface area contributed by atoms with Gasteiger partial charge in [-0.25, -0.2) is 0 Å². The molecule has 0 saturated heterocycles. The van der Waals surface area contributed by atoms with Crippen LogP contribution >= 0.6 is 0 Å². The van der Waals surface area contributed by atoms with E-state index in [1.165, 1.54) is 0 Å². The second kappa shape index (κ2) is 7.76. The van der Waals surface area contributed by atoms with Crippen molar-refractivity contribution in [2.75, 3.05) is 6.61 Å². The fourth-order valence-corrected chi connectivity index (χ4v) is 1.80. The summed E-state index contributed by atoms with van der Waals surface area (Å²) >= 11 is 0. The molecule has 106 valence electrons. The van der Waals surface area contributed by atoms with Gasteiger partial charge in [-0.3, -0.25) is 4.79 Å². The third-order valence-electron chi connectivity index (χ3n) is 2.91. The summed E-state index contributed by atoms with van der Waals surface area (Å²) in [5, 5.41) is 20.7. The molecule has 19 heavy (non-hydrogen) atoms. The highest BCUT2D eigenvalue weighted by molar-refractivity contribution is 5.82. The minimum Gasteiger partial charge on any atom is -0.508 e. The van der Waals surface area contributed by atoms with Crippen LogP contribution in [0, 0.1) is 0 Å². The van der Waals surface area contributed by atoms with Crippen LogP contribution in [0.15, 0.2) is 24.3 Å². The van der Waals surface area contributed by atoms with E-state index in [0.29, 0.717) is 12.8 Å². The van der Waals surface area contributed by atoms with Gasteiger partial charge in [-0.2, -0.15) is 0 Å². The molecule has 0 aliphatic heterocycles. The van der Waals surface area contributed by atoms with Gasteiger partial charge in [0.05, 0.1) is 6.04 Å². The number of rotatable bonds is 7. The molecule has 5 N–H and O–H groups in total. The molecule has 5 heteroatoms. The highest BCUT2D eigenvalue weighted by Gasteiger charge is 2.16. The number of carbonyl (C=O) groups is 1. The quantitative estimate of drug-likeness (QED) is 0.579. The molecule has 0 aliphatic carbocycles. The first kappa shape index (κ1) is 15.5. The van der Waals surface area contributed by atoms with E-state index in [0.717, 1.165) is 12.0 Å². The van der Waals surface area contributed by atoms with Gasteiger partial charge in [-0.15, -0.1) is 0 Å². The van der Waals surface area contributed by atoms with Gasteiger partial charge in [0.15, 0.2) is 0 Å². The average Bonchev–Trinajstić information content (AvgIpc) is 2.39. The Balaban J connectivity index is 2.42. The maximum Gasteiger partial charge on any atom is 0.237 e. The number of nitrogens with two attached hydrogens (primary N) is 1. The van der Waals surface area contributed by atoms with Crippen molar-refractivity contribution < 1.29 is 15.0 Å². The molecule has 1 aromatic rings. The zero-order chi connectivity index (χ0) is 14.3. The second-order valence-corrected chi connectivity index (χ2v) is 4.75. The smallest absolute Gasteiger partial charge is 0.237 e. The van der Waals surface area contributed by atoms with E-state index in [4.69, 9.17) is 10.8 Å². The molecule has 0 radical (unpaired) electrons. The van der Waals surface area contributed by atoms with Crippen LogP contribution in [0.1, 0.15) is 25.3 Å². The lowest BCUT2D eigenvalue weighted by molar-refractivity contribution is -0.123. The molecule has 0 heterocycles. The molecule has 5 nitrogen and oxygen atoms in total. The fourth-order valence-electron chi connectivity index (χ4n) is 1.80. The van der Waals surface area contributed by atoms with Crippen molar-refractivity contribution in [2.45, 2.75) is 38.3 Å². The highest BCUT2D eigenvalue weighted by Crippen LogP contribution is 2.11. The maximum atomic E-state index is 11.8. The summed E-state index contributed by atoms with van der Waals surface area (Å²) in [6, 6.07) is 6.04. The van der Waals surface area contributed by atoms with Gasteiger partial charge in [-0.05, 0) is 43.9 Å². The predicted molar refractivity (Wildman–Crippen MR) is 73.7 cm³/mol. The normalized spacial score (nSPS) is 13.8. The Morgan fingerprint density at radius 2 is 2.00 bits per heavy atom. The molecule has 1 aromatic carbocycles. The second-order valence-electron chi connectivity index (χ2n) is 4.75. The number of benzene rings is 1. The van der Waals surface area contributed by atoms with E-state index in [2.05, 4.69) is 5.32 Å². The van der Waals surface area contributed by atoms with Crippen LogP contribution in [-0.2, 0) is 11.2 Å². The third kappa shape index (κ3) is 5.72. The van der Waals surface area contributed by atoms with Gasteiger partial charge >= 0.3 is 0 Å². The van der Waals surface area contributed by atoms with Crippen LogP contribution in [0.25, 0.3) is 0 Å². The van der Waals surface area contributed by atoms with Crippen molar-refractivity contribution in [3.8, 4) is 5.75 Å². The third-order valence-corrected chi connectivity index (χ3v) is 2.91. The zero-order valence-corrected chi connectivity index (χ0v) is 11.2. The molecule has 0 fully saturated rings. The van der Waals surface area contributed by atoms with E-state index < -0.39 is 6.04 Å². The molecule has 0 spiro atoms. The van der Waals surface area contributed by atoms with Crippen LogP contribution in [0.3, 0.4) is 0 Å². The van der Waals surface area contributed by atoms with Crippen molar-refractivity contribution in [2.24, 2.45) is 5.73 Å². The summed E-state index contributed by atoms with van der Waals surface area (Å²) in [5.41, 5.74) is 6.75. The van der Waals surface area contributed by atoms with E-state index in [1.54, 1.807) is 24.3 Å². The van der Waals surface area contributed by atoms with Gasteiger partial charge in [0.2, 0.25) is 5.91 Å². The Bertz CT molecular complexity index is 392. The lowest BCUT2D eigenvalue weighted by Crippen LogP contribution is -2.45. The van der Waals surface area contributed by atoms with Gasteiger partial charge in [-0.1, -0.05) is 12.1 Å². The molecule has 2 atom stereocenters. The van der Waals surface area contributed by atoms with Crippen LogP contribution in [0.4, 0.5) is 0 Å². The summed E-state index contributed by atoms with van der Waals surface area (Å²) in [5.74, 6) is -0.00193. The number of hydrogen-bond acceptors (Lipinski definition) is 4. The summed E-state index contributed by atoms with van der Waals surface area (Å²) in [4.78, 5) is 11.8. The lowest BCUT2D eigenvalue weighted by atomic mass is 10.1. The molecule has 1 amide bonds. The van der Waals surface area contributed by atoms with E-state index in [9.17, 15) is 9.90 Å². The van der Waals surface area contributed by atoms with Crippen LogP contribution in [0.5, 0.6) is 5.75 Å². The van der Waals surface area contributed by atoms with Gasteiger partial charge in [0, 0.05) is 12.6 Å². The fraction of sp³-hybridized carbons (Fsp3) is 0.500. The summed E-state index contributed by atoms with van der Waals surface area (Å²) < 4.78 is 0. The molecule has 1 unspecified atom stereocenters. The number of carbonyl (C=O) groups excluding carboxylic acids is 1. The largest absolute Gasteiger partial charge is 0.508 e. The number of amides is 1. The summed E-state index contributed by atoms with van der Waals surface area (Å²) in [7, 11) is 0. The first-order chi connectivity index (χ1) is 9.02. The molecular formula is C14H22N2O3. The molecular weight excluding hydrogens is 244 g/mol. The van der Waals surface area contributed by atoms with Crippen molar-refractivity contribution in [1.29, 1.82) is 0 Å². The molecule has 0 saturated carbocycles. The van der Waals surface area contributed by atoms with E-state index in [-0.39, 0.29) is 24.3 Å². The Morgan fingerprint density at radius 3 is 2.58 bits per heavy atom. The van der Waals surface area contributed by atoms with Crippen LogP contribution < -0.4 is 11.1 Å². The number of hydrogen-bond donors (Lipinski definition) is 4. The molecule has 0 bridgehead atoms. The van der Waals surface area contributed by atoms with E-state index in [1.807, 2.05) is 6.92 Å². The minimum absolute atomic E-state index is 0.00511. The van der Waals surface area contributed by atoms with E-state index >= 15 is 0 Å². The summed E-state index contributed by atoms with van der Waals surface area (Å²) in [6.07, 6.45) is 1.82. The van der Waals surface area contributed by atoms with Gasteiger partial charge in [0.1, 0.15) is 5.75 Å². The standard InChI is InChI=1S/C14H22N2O3/c1-10(3-2-8-17)16-14(19)13(15)9-11-4-6-12(18)7-5-11/h4-7,10,13,17-18H,2-3,8-9,15H2,1H3,(H,16,19)/t10?,13-/m0/s1. The lowest BCUT2D eigenvalue weighted by Gasteiger charge is -2.17. The molecule has 1 rings (SSSR count). The van der Waals surface area contributed by atoms with Crippen molar-refractivity contribution in [3.63, 3.8) is 0 Å². The van der Waals surface area contributed by atoms with Gasteiger partial charge < -0.3 is 21.3 Å². The number of nitrogens with one attached hydrogen (secondary N) is 1. The Hall–Kier alpha value is -1.59. The molecule has 0 aromatic heterocycles. The first-order valence-corrected chi connectivity index (χ1v) is 6.47. The summed E-state index contributed by atoms with van der Waals surface area (Å²) in [6.45, 7) is 2.01. The van der Waals surface area contributed by atoms with Crippen molar-refractivity contribution in [1.82, 2.24) is 5.32 Å². The number of aliphatic hydroxyl groups is 1. The Labute approximate surface area is 113 Å². The number of phenolic OH excluding ortho intramolecular Hbond substituents is 1. The van der Waals surface area contributed by atoms with Crippen molar-refractivity contribution >= 4 is 5.91 Å². The number of aromatic hydroxyl groups is 1. The topological polar surface area (TPSA) is 95.6 Å². The SMILES string of the molecule is CC(CCCO)NC(=O)[C@@H](N)Cc1ccc(O)cc1. The Kier molecular flexibility index (Phi) is 6.32. The zero-order valence-electron chi connectivity index (χ0n) is 11.2. The van der Waals surface area contributed by atoms with Crippen LogP contribution in [-0.4, -0.2) is 34.8 Å². The monoisotopic (exact) mass is 266 g/mol.